The summed E-state index contributed by atoms with van der Waals surface area (Å²) in [6.45, 7) is 2.47. The van der Waals surface area contributed by atoms with Gasteiger partial charge < -0.3 is 15.8 Å². The fourth-order valence-electron chi connectivity index (χ4n) is 4.38. The van der Waals surface area contributed by atoms with Crippen LogP contribution in [0.2, 0.25) is 0 Å². The molecule has 1 amide bonds. The zero-order valence-corrected chi connectivity index (χ0v) is 20.1. The van der Waals surface area contributed by atoms with Gasteiger partial charge in [-0.1, -0.05) is 0 Å². The van der Waals surface area contributed by atoms with Crippen LogP contribution in [0, 0.1) is 5.82 Å². The van der Waals surface area contributed by atoms with Gasteiger partial charge in [-0.3, -0.25) is 9.79 Å². The summed E-state index contributed by atoms with van der Waals surface area (Å²) >= 11 is 0. The van der Waals surface area contributed by atoms with Crippen LogP contribution in [0.5, 0.6) is 5.75 Å². The van der Waals surface area contributed by atoms with Crippen LogP contribution in [-0.2, 0) is 15.3 Å². The van der Waals surface area contributed by atoms with Gasteiger partial charge in [0.25, 0.3) is 5.91 Å². The van der Waals surface area contributed by atoms with Crippen molar-refractivity contribution >= 4 is 27.3 Å². The topological polar surface area (TPSA) is 132 Å². The number of carbonyl (C=O) groups is 1. The van der Waals surface area contributed by atoms with Crippen LogP contribution in [0.25, 0.3) is 0 Å². The first-order valence-electron chi connectivity index (χ1n) is 10.8. The number of alkyl halides is 2. The lowest BCUT2D eigenvalue weighted by atomic mass is 9.89. The van der Waals surface area contributed by atoms with E-state index in [0.29, 0.717) is 19.4 Å². The highest BCUT2D eigenvalue weighted by atomic mass is 32.2. The van der Waals surface area contributed by atoms with Gasteiger partial charge in [-0.25, -0.2) is 22.9 Å². The molecule has 0 aliphatic carbocycles. The number of amidine groups is 1. The number of nitrogens with zero attached hydrogens (tertiary/aromatic N) is 4. The molecule has 0 spiro atoms. The van der Waals surface area contributed by atoms with Crippen LogP contribution in [0.15, 0.2) is 39.8 Å². The molecule has 0 bridgehead atoms. The molecule has 4 rings (SSSR count). The number of ether oxygens (including phenoxy) is 1. The van der Waals surface area contributed by atoms with Crippen LogP contribution in [0.1, 0.15) is 49.8 Å². The largest absolute Gasteiger partial charge is 0.433 e. The lowest BCUT2D eigenvalue weighted by Gasteiger charge is -2.47. The Labute approximate surface area is 200 Å². The zero-order chi connectivity index (χ0) is 25.6. The smallest absolute Gasteiger partial charge is 0.387 e. The molecular formula is C22H25F3N6O3S. The van der Waals surface area contributed by atoms with Crippen LogP contribution in [0.3, 0.4) is 0 Å². The van der Waals surface area contributed by atoms with E-state index in [9.17, 15) is 17.8 Å². The highest BCUT2D eigenvalue weighted by molar-refractivity contribution is 7.96. The maximum atomic E-state index is 15.1. The summed E-state index contributed by atoms with van der Waals surface area (Å²) in [6, 6.07) is 4.76. The van der Waals surface area contributed by atoms with Gasteiger partial charge in [0.2, 0.25) is 0 Å². The minimum atomic E-state index is -3.02. The van der Waals surface area contributed by atoms with Crippen molar-refractivity contribution < 1.29 is 26.9 Å². The number of hydrogen-bond acceptors (Lipinski definition) is 8. The molecular weight excluding hydrogens is 485 g/mol. The molecule has 2 aliphatic rings. The molecule has 0 unspecified atom stereocenters. The minimum absolute atomic E-state index is 0.000171. The molecule has 0 aromatic carbocycles. The summed E-state index contributed by atoms with van der Waals surface area (Å²) in [7, 11) is -2.92. The third-order valence-electron chi connectivity index (χ3n) is 6.38. The summed E-state index contributed by atoms with van der Waals surface area (Å²) in [5.74, 6) is -1.50. The fourth-order valence-corrected chi connectivity index (χ4v) is 7.61. The molecule has 2 aliphatic heterocycles. The van der Waals surface area contributed by atoms with Crippen LogP contribution in [0.4, 0.5) is 19.0 Å². The zero-order valence-electron chi connectivity index (χ0n) is 19.3. The summed E-state index contributed by atoms with van der Waals surface area (Å²) in [5, 5.41) is 1.87. The van der Waals surface area contributed by atoms with Crippen molar-refractivity contribution in [3.63, 3.8) is 0 Å². The van der Waals surface area contributed by atoms with E-state index in [1.807, 2.05) is 0 Å². The Morgan fingerprint density at radius 1 is 1.26 bits per heavy atom. The molecule has 2 aromatic rings. The monoisotopic (exact) mass is 510 g/mol. The molecule has 0 saturated heterocycles. The van der Waals surface area contributed by atoms with E-state index in [4.69, 9.17) is 5.73 Å². The number of aromatic nitrogens is 2. The Morgan fingerprint density at radius 2 is 2.00 bits per heavy atom. The summed E-state index contributed by atoms with van der Waals surface area (Å²) in [6.07, 6.45) is 2.14. The van der Waals surface area contributed by atoms with Crippen molar-refractivity contribution in [1.29, 1.82) is 0 Å². The lowest BCUT2D eigenvalue weighted by molar-refractivity contribution is -0.0500. The number of anilines is 1. The van der Waals surface area contributed by atoms with Crippen LogP contribution >= 0.6 is 0 Å². The maximum Gasteiger partial charge on any atom is 0.387 e. The van der Waals surface area contributed by atoms with Crippen molar-refractivity contribution in [3.05, 3.63) is 47.7 Å². The fraction of sp³-hybridized carbons (Fsp3) is 0.455. The molecule has 3 atom stereocenters. The van der Waals surface area contributed by atoms with E-state index in [2.05, 4.69) is 29.4 Å². The first kappa shape index (κ1) is 24.9. The molecule has 0 saturated carbocycles. The number of fused-ring (bicyclic) bond motifs is 1. The molecule has 3 N–H and O–H groups in total. The molecule has 0 fully saturated rings. The van der Waals surface area contributed by atoms with Crippen molar-refractivity contribution in [1.82, 2.24) is 9.97 Å². The predicted molar refractivity (Wildman–Crippen MR) is 125 cm³/mol. The molecule has 9 nitrogen and oxygen atoms in total. The average molecular weight is 511 g/mol. The first-order chi connectivity index (χ1) is 16.4. The molecule has 0 radical (unpaired) electrons. The van der Waals surface area contributed by atoms with Crippen molar-refractivity contribution in [2.24, 2.45) is 15.1 Å². The third kappa shape index (κ3) is 4.21. The first-order valence-corrected chi connectivity index (χ1v) is 12.4. The van der Waals surface area contributed by atoms with E-state index in [0.717, 1.165) is 12.3 Å². The Kier molecular flexibility index (Phi) is 6.24. The van der Waals surface area contributed by atoms with E-state index < -0.39 is 43.6 Å². The molecule has 2 aromatic heterocycles. The highest BCUT2D eigenvalue weighted by Crippen LogP contribution is 2.46. The molecule has 13 heteroatoms. The SMILES string of the molecule is CC1(C)C(N)=N[C@](C)(c2nc(NC(=O)c3ccc(OC(F)F)cn3)ccc2F)[C@@H]2CCCN=[S@@]21=O. The van der Waals surface area contributed by atoms with Crippen molar-refractivity contribution in [2.75, 3.05) is 11.9 Å². The van der Waals surface area contributed by atoms with Gasteiger partial charge >= 0.3 is 6.61 Å². The second-order valence-electron chi connectivity index (χ2n) is 8.95. The summed E-state index contributed by atoms with van der Waals surface area (Å²) in [5.41, 5.74) is 4.64. The average Bonchev–Trinajstić information content (AvgIpc) is 2.79. The number of carbonyl (C=O) groups excluding carboxylic acids is 1. The number of aliphatic imine (C=N–C) groups is 1. The van der Waals surface area contributed by atoms with E-state index in [1.165, 1.54) is 18.2 Å². The molecule has 4 heterocycles. The molecule has 35 heavy (non-hydrogen) atoms. The Hall–Kier alpha value is -3.22. The predicted octanol–water partition coefficient (Wildman–Crippen LogP) is 3.46. The van der Waals surface area contributed by atoms with Gasteiger partial charge in [0.1, 0.15) is 44.9 Å². The third-order valence-corrected chi connectivity index (χ3v) is 10.1. The number of nitrogens with one attached hydrogen (secondary N) is 1. The number of hydrogen-bond donors (Lipinski definition) is 2. The Morgan fingerprint density at radius 3 is 2.66 bits per heavy atom. The van der Waals surface area contributed by atoms with Gasteiger partial charge in [0, 0.05) is 6.54 Å². The second-order valence-corrected chi connectivity index (χ2v) is 11.9. The van der Waals surface area contributed by atoms with E-state index in [-0.39, 0.29) is 28.8 Å². The van der Waals surface area contributed by atoms with E-state index >= 15 is 4.39 Å². The lowest BCUT2D eigenvalue weighted by Crippen LogP contribution is -2.60. The summed E-state index contributed by atoms with van der Waals surface area (Å²) < 4.78 is 61.5. The number of pyridine rings is 2. The highest BCUT2D eigenvalue weighted by Gasteiger charge is 2.56. The van der Waals surface area contributed by atoms with E-state index in [1.54, 1.807) is 20.8 Å². The van der Waals surface area contributed by atoms with Gasteiger partial charge in [0.15, 0.2) is 0 Å². The quantitative estimate of drug-likeness (QED) is 0.633. The van der Waals surface area contributed by atoms with Crippen LogP contribution < -0.4 is 15.8 Å². The number of amides is 1. The van der Waals surface area contributed by atoms with Gasteiger partial charge in [0.05, 0.1) is 21.2 Å². The number of nitrogens with two attached hydrogens (primary N) is 1. The minimum Gasteiger partial charge on any atom is -0.433 e. The van der Waals surface area contributed by atoms with Gasteiger partial charge in [-0.15, -0.1) is 0 Å². The van der Waals surface area contributed by atoms with Crippen molar-refractivity contribution in [2.45, 2.75) is 55.8 Å². The molecule has 188 valence electrons. The Bertz CT molecular complexity index is 1310. The van der Waals surface area contributed by atoms with Crippen LogP contribution in [-0.4, -0.2) is 49.1 Å². The number of rotatable bonds is 5. The second kappa shape index (κ2) is 8.77. The van der Waals surface area contributed by atoms with Gasteiger partial charge in [-0.2, -0.15) is 8.78 Å². The summed E-state index contributed by atoms with van der Waals surface area (Å²) in [4.78, 5) is 25.3. The van der Waals surface area contributed by atoms with Crippen molar-refractivity contribution in [3.8, 4) is 5.75 Å². The maximum absolute atomic E-state index is 15.1. The Balaban J connectivity index is 1.69. The van der Waals surface area contributed by atoms with Gasteiger partial charge in [-0.05, 0) is 57.9 Å². The number of halogens is 3. The standard InChI is InChI=1S/C22H25F3N6O3S/c1-21(2)19(26)31-22(3,15-5-4-10-28-35(15,21)33)17-13(23)7-9-16(29-17)30-18(32)14-8-6-12(11-27-14)34-20(24)25/h6-9,11,15,20H,4-5,10H2,1-3H3,(H2,26,31)(H,29,30,32)/t15-,22-,35+/m0/s1. The normalized spacial score (nSPS) is 27.4.